The Labute approximate surface area is 188 Å². The summed E-state index contributed by atoms with van der Waals surface area (Å²) in [5, 5.41) is 5.89. The molecule has 1 heterocycles. The van der Waals surface area contributed by atoms with Gasteiger partial charge in [0.05, 0.1) is 11.6 Å². The van der Waals surface area contributed by atoms with E-state index in [-0.39, 0.29) is 52.6 Å². The predicted octanol–water partition coefficient (Wildman–Crippen LogP) is 2.65. The minimum absolute atomic E-state index is 0.0214. The van der Waals surface area contributed by atoms with Gasteiger partial charge in [0, 0.05) is 28.9 Å². The molecule has 3 saturated carbocycles. The van der Waals surface area contributed by atoms with Gasteiger partial charge in [-0.3, -0.25) is 9.59 Å². The minimum Gasteiger partial charge on any atom is -0.484 e. The number of carbonyl (C=O) groups excluding carboxylic acids is 3. The van der Waals surface area contributed by atoms with Crippen molar-refractivity contribution in [3.05, 3.63) is 58.6 Å². The zero-order chi connectivity index (χ0) is 22.9. The van der Waals surface area contributed by atoms with E-state index in [0.717, 1.165) is 6.07 Å². The zero-order valence-corrected chi connectivity index (χ0v) is 18.0. The van der Waals surface area contributed by atoms with Gasteiger partial charge >= 0.3 is 5.97 Å². The number of esters is 1. The number of nitrogens with one attached hydrogen (secondary N) is 2. The van der Waals surface area contributed by atoms with Crippen molar-refractivity contribution in [3.8, 4) is 5.75 Å². The molecular formula is C22H21ClFN3O5. The highest BCUT2D eigenvalue weighted by atomic mass is 35.5. The number of pyridine rings is 1. The van der Waals surface area contributed by atoms with Crippen molar-refractivity contribution < 1.29 is 28.2 Å². The second kappa shape index (κ2) is 8.38. The van der Waals surface area contributed by atoms with Gasteiger partial charge in [0.15, 0.2) is 6.61 Å². The van der Waals surface area contributed by atoms with Crippen LogP contribution in [0.5, 0.6) is 5.75 Å². The lowest BCUT2D eigenvalue weighted by atomic mass is 9.44. The second-order valence-corrected chi connectivity index (χ2v) is 8.52. The number of aromatic nitrogens is 1. The predicted molar refractivity (Wildman–Crippen MR) is 112 cm³/mol. The Morgan fingerprint density at radius 3 is 2.53 bits per heavy atom. The number of ether oxygens (including phenoxy) is 2. The van der Waals surface area contributed by atoms with Crippen LogP contribution in [0, 0.1) is 5.82 Å². The molecule has 168 valence electrons. The molecule has 10 heteroatoms. The largest absolute Gasteiger partial charge is 0.484 e. The molecule has 3 fully saturated rings. The van der Waals surface area contributed by atoms with E-state index < -0.39 is 11.8 Å². The molecule has 2 aromatic rings. The fourth-order valence-electron chi connectivity index (χ4n) is 4.30. The molecule has 1 aromatic heterocycles. The third-order valence-corrected chi connectivity index (χ3v) is 5.89. The summed E-state index contributed by atoms with van der Waals surface area (Å²) in [6.45, 7) is 1.65. The monoisotopic (exact) mass is 461 g/mol. The summed E-state index contributed by atoms with van der Waals surface area (Å²) >= 11 is 5.62. The highest BCUT2D eigenvalue weighted by Gasteiger charge is 2.69. The third-order valence-electron chi connectivity index (χ3n) is 5.58. The van der Waals surface area contributed by atoms with Gasteiger partial charge in [-0.05, 0) is 50.5 Å². The van der Waals surface area contributed by atoms with Gasteiger partial charge in [0.1, 0.15) is 17.3 Å². The minimum atomic E-state index is -0.620. The van der Waals surface area contributed by atoms with Gasteiger partial charge in [-0.1, -0.05) is 11.6 Å². The van der Waals surface area contributed by atoms with Gasteiger partial charge in [-0.15, -0.1) is 0 Å². The van der Waals surface area contributed by atoms with Crippen LogP contribution in [0.15, 0.2) is 36.5 Å². The topological polar surface area (TPSA) is 107 Å². The molecule has 0 spiro atoms. The molecule has 0 unspecified atom stereocenters. The van der Waals surface area contributed by atoms with Crippen molar-refractivity contribution in [3.63, 3.8) is 0 Å². The molecule has 0 atom stereocenters. The summed E-state index contributed by atoms with van der Waals surface area (Å²) in [6.07, 6.45) is 3.19. The van der Waals surface area contributed by atoms with Crippen LogP contribution in [0.1, 0.15) is 47.0 Å². The lowest BCUT2D eigenvalue weighted by Crippen LogP contribution is -2.84. The fourth-order valence-corrected chi connectivity index (χ4v) is 4.42. The summed E-state index contributed by atoms with van der Waals surface area (Å²) in [7, 11) is 0. The summed E-state index contributed by atoms with van der Waals surface area (Å²) in [5.41, 5.74) is -0.360. The average molecular weight is 462 g/mol. The van der Waals surface area contributed by atoms with Gasteiger partial charge in [-0.2, -0.15) is 0 Å². The summed E-state index contributed by atoms with van der Waals surface area (Å²) in [4.78, 5) is 40.6. The SMILES string of the molecule is CCOC(=O)c1cc(C(=O)NC23CC(NC(=O)COc4ccc(Cl)c(F)c4)(C2)C3)ccn1. The molecule has 0 radical (unpaired) electrons. The number of benzene rings is 1. The molecule has 2 N–H and O–H groups in total. The van der Waals surface area contributed by atoms with E-state index in [2.05, 4.69) is 15.6 Å². The Kier molecular flexibility index (Phi) is 5.77. The summed E-state index contributed by atoms with van der Waals surface area (Å²) < 4.78 is 23.6. The van der Waals surface area contributed by atoms with Crippen LogP contribution in [0.4, 0.5) is 4.39 Å². The van der Waals surface area contributed by atoms with Crippen molar-refractivity contribution >= 4 is 29.4 Å². The first kappa shape index (κ1) is 22.0. The smallest absolute Gasteiger partial charge is 0.356 e. The first-order valence-electron chi connectivity index (χ1n) is 10.1. The lowest BCUT2D eigenvalue weighted by molar-refractivity contribution is -0.141. The Morgan fingerprint density at radius 1 is 1.12 bits per heavy atom. The van der Waals surface area contributed by atoms with Crippen LogP contribution in [0.3, 0.4) is 0 Å². The molecule has 5 rings (SSSR count). The van der Waals surface area contributed by atoms with Crippen molar-refractivity contribution in [1.29, 1.82) is 0 Å². The number of halogens is 2. The van der Waals surface area contributed by atoms with E-state index in [1.54, 1.807) is 6.92 Å². The average Bonchev–Trinajstić information content (AvgIpc) is 2.72. The summed E-state index contributed by atoms with van der Waals surface area (Å²) in [6, 6.07) is 6.88. The Bertz CT molecular complexity index is 1070. The molecule has 2 amide bonds. The van der Waals surface area contributed by atoms with Gasteiger partial charge in [-0.25, -0.2) is 14.2 Å². The van der Waals surface area contributed by atoms with Crippen LogP contribution >= 0.6 is 11.6 Å². The fraction of sp³-hybridized carbons (Fsp3) is 0.364. The molecule has 3 aliphatic rings. The van der Waals surface area contributed by atoms with E-state index in [4.69, 9.17) is 21.1 Å². The van der Waals surface area contributed by atoms with E-state index in [0.29, 0.717) is 24.8 Å². The molecule has 1 aromatic carbocycles. The van der Waals surface area contributed by atoms with Gasteiger partial charge < -0.3 is 20.1 Å². The molecule has 8 nitrogen and oxygen atoms in total. The summed E-state index contributed by atoms with van der Waals surface area (Å²) in [5.74, 6) is -1.63. The normalized spacial score (nSPS) is 22.7. The van der Waals surface area contributed by atoms with Gasteiger partial charge in [0.2, 0.25) is 0 Å². The number of hydrogen-bond donors (Lipinski definition) is 2. The first-order valence-corrected chi connectivity index (χ1v) is 10.5. The number of nitrogens with zero attached hydrogens (tertiary/aromatic N) is 1. The Hall–Kier alpha value is -3.20. The number of carbonyl (C=O) groups is 3. The second-order valence-electron chi connectivity index (χ2n) is 8.11. The molecule has 2 bridgehead atoms. The van der Waals surface area contributed by atoms with Crippen LogP contribution < -0.4 is 15.4 Å². The van der Waals surface area contributed by atoms with E-state index >= 15 is 0 Å². The molecular weight excluding hydrogens is 441 g/mol. The molecule has 0 aliphatic heterocycles. The van der Waals surface area contributed by atoms with Gasteiger partial charge in [0.25, 0.3) is 11.8 Å². The maximum atomic E-state index is 13.4. The zero-order valence-electron chi connectivity index (χ0n) is 17.2. The van der Waals surface area contributed by atoms with Crippen molar-refractivity contribution in [2.24, 2.45) is 0 Å². The van der Waals surface area contributed by atoms with E-state index in [9.17, 15) is 18.8 Å². The number of amides is 2. The van der Waals surface area contributed by atoms with Crippen molar-refractivity contribution in [1.82, 2.24) is 15.6 Å². The molecule has 32 heavy (non-hydrogen) atoms. The quantitative estimate of drug-likeness (QED) is 0.585. The van der Waals surface area contributed by atoms with Crippen LogP contribution in [0.25, 0.3) is 0 Å². The van der Waals surface area contributed by atoms with Crippen molar-refractivity contribution in [2.45, 2.75) is 37.3 Å². The molecule has 3 aliphatic carbocycles. The number of hydrogen-bond acceptors (Lipinski definition) is 6. The van der Waals surface area contributed by atoms with Crippen LogP contribution in [0.2, 0.25) is 5.02 Å². The highest BCUT2D eigenvalue weighted by Crippen LogP contribution is 2.60. The maximum absolute atomic E-state index is 13.4. The van der Waals surface area contributed by atoms with E-state index in [1.165, 1.54) is 30.5 Å². The Morgan fingerprint density at radius 2 is 1.84 bits per heavy atom. The lowest BCUT2D eigenvalue weighted by Gasteiger charge is -2.70. The van der Waals surface area contributed by atoms with E-state index in [1.807, 2.05) is 0 Å². The first-order chi connectivity index (χ1) is 15.2. The Balaban J connectivity index is 1.25. The number of rotatable bonds is 8. The van der Waals surface area contributed by atoms with Crippen LogP contribution in [-0.2, 0) is 9.53 Å². The molecule has 0 saturated heterocycles. The highest BCUT2D eigenvalue weighted by molar-refractivity contribution is 6.30. The van der Waals surface area contributed by atoms with Crippen molar-refractivity contribution in [2.75, 3.05) is 13.2 Å². The third kappa shape index (κ3) is 4.38. The standard InChI is InChI=1S/C22H21ClFN3O5/c1-2-31-20(30)17-7-13(5-6-25-17)19(29)27-22-10-21(11-22,12-22)26-18(28)9-32-14-3-4-15(23)16(24)8-14/h3-8H,2,9-12H2,1H3,(H,26,28)(H,27,29). The maximum Gasteiger partial charge on any atom is 0.356 e. The van der Waals surface area contributed by atoms with Crippen LogP contribution in [-0.4, -0.2) is 47.1 Å².